The molecular weight excluding hydrogens is 368 g/mol. The van der Waals surface area contributed by atoms with Crippen LogP contribution in [-0.2, 0) is 4.79 Å². The Hall–Kier alpha value is -3.06. The number of aromatic nitrogens is 2. The van der Waals surface area contributed by atoms with Gasteiger partial charge in [-0.15, -0.1) is 0 Å². The fraction of sp³-hybridized carbons (Fsp3) is 0.211. The lowest BCUT2D eigenvalue weighted by molar-refractivity contribution is -0.133. The summed E-state index contributed by atoms with van der Waals surface area (Å²) >= 11 is 6.11. The lowest BCUT2D eigenvalue weighted by atomic mass is 10.2. The average molecular weight is 385 g/mol. The van der Waals surface area contributed by atoms with Crippen molar-refractivity contribution in [2.45, 2.75) is 0 Å². The van der Waals surface area contributed by atoms with Crippen LogP contribution < -0.4 is 0 Å². The van der Waals surface area contributed by atoms with Crippen LogP contribution >= 0.6 is 11.6 Å². The number of carbonyl (C=O) groups excluding carboxylic acids is 2. The van der Waals surface area contributed by atoms with Crippen molar-refractivity contribution in [3.05, 3.63) is 59.4 Å². The first-order valence-corrected chi connectivity index (χ1v) is 8.84. The van der Waals surface area contributed by atoms with Gasteiger partial charge in [-0.05, 0) is 30.3 Å². The molecule has 7 nitrogen and oxygen atoms in total. The second kappa shape index (κ2) is 6.92. The quantitative estimate of drug-likeness (QED) is 0.696. The van der Waals surface area contributed by atoms with Gasteiger partial charge in [0, 0.05) is 31.2 Å². The number of benzene rings is 1. The van der Waals surface area contributed by atoms with Crippen molar-refractivity contribution in [1.29, 1.82) is 0 Å². The molecule has 2 amide bonds. The third-order valence-corrected chi connectivity index (χ3v) is 4.73. The molecule has 0 spiro atoms. The van der Waals surface area contributed by atoms with Gasteiger partial charge in [-0.3, -0.25) is 9.59 Å². The smallest absolute Gasteiger partial charge is 0.274 e. The van der Waals surface area contributed by atoms with Crippen LogP contribution in [0.4, 0.5) is 0 Å². The van der Waals surface area contributed by atoms with E-state index in [0.29, 0.717) is 35.3 Å². The number of rotatable bonds is 3. The lowest BCUT2D eigenvalue weighted by Crippen LogP contribution is -2.50. The largest absolute Gasteiger partial charge is 0.463 e. The zero-order valence-electron chi connectivity index (χ0n) is 14.6. The minimum Gasteiger partial charge on any atom is -0.463 e. The first-order chi connectivity index (χ1) is 13.0. The molecule has 1 aromatic carbocycles. The summed E-state index contributed by atoms with van der Waals surface area (Å²) in [5.41, 5.74) is 1.59. The molecule has 1 fully saturated rings. The van der Waals surface area contributed by atoms with Crippen LogP contribution in [0.3, 0.4) is 0 Å². The summed E-state index contributed by atoms with van der Waals surface area (Å²) in [6, 6.07) is 12.4. The number of likely N-dealkylation sites (N-methyl/N-ethyl adjacent to an activating group) is 1. The van der Waals surface area contributed by atoms with Gasteiger partial charge in [-0.2, -0.15) is 5.10 Å². The monoisotopic (exact) mass is 384 g/mol. The van der Waals surface area contributed by atoms with Crippen LogP contribution in [0, 0.1) is 0 Å². The molecule has 27 heavy (non-hydrogen) atoms. The highest BCUT2D eigenvalue weighted by molar-refractivity contribution is 6.30. The van der Waals surface area contributed by atoms with Crippen molar-refractivity contribution in [3.8, 4) is 17.1 Å². The van der Waals surface area contributed by atoms with Crippen LogP contribution in [0.5, 0.6) is 0 Å². The van der Waals surface area contributed by atoms with E-state index in [1.165, 1.54) is 4.90 Å². The SMILES string of the molecule is CN1CCN(C(=O)c2cc(-c3ccco3)n(-c3cccc(Cl)c3)n2)CC1=O. The topological polar surface area (TPSA) is 71.6 Å². The normalized spacial score (nSPS) is 14.7. The van der Waals surface area contributed by atoms with Crippen molar-refractivity contribution < 1.29 is 14.0 Å². The molecule has 0 radical (unpaired) electrons. The van der Waals surface area contributed by atoms with E-state index in [2.05, 4.69) is 5.10 Å². The van der Waals surface area contributed by atoms with E-state index < -0.39 is 0 Å². The molecular formula is C19H17ClN4O3. The molecule has 2 aromatic heterocycles. The fourth-order valence-corrected chi connectivity index (χ4v) is 3.17. The third kappa shape index (κ3) is 3.33. The van der Waals surface area contributed by atoms with Crippen molar-refractivity contribution >= 4 is 23.4 Å². The maximum absolute atomic E-state index is 12.9. The molecule has 138 valence electrons. The number of hydrogen-bond donors (Lipinski definition) is 0. The van der Waals surface area contributed by atoms with Gasteiger partial charge in [-0.25, -0.2) is 4.68 Å². The summed E-state index contributed by atoms with van der Waals surface area (Å²) in [5.74, 6) is 0.205. The van der Waals surface area contributed by atoms with Crippen molar-refractivity contribution in [1.82, 2.24) is 19.6 Å². The highest BCUT2D eigenvalue weighted by Crippen LogP contribution is 2.26. The van der Waals surface area contributed by atoms with Gasteiger partial charge in [0.2, 0.25) is 5.91 Å². The Morgan fingerprint density at radius 3 is 2.74 bits per heavy atom. The second-order valence-electron chi connectivity index (χ2n) is 6.33. The molecule has 0 saturated carbocycles. The Bertz CT molecular complexity index is 996. The molecule has 0 N–H and O–H groups in total. The van der Waals surface area contributed by atoms with Crippen LogP contribution in [0.15, 0.2) is 53.1 Å². The first kappa shape index (κ1) is 17.4. The standard InChI is InChI=1S/C19H17ClN4O3/c1-22-7-8-23(12-18(22)25)19(26)15-11-16(17-6-3-9-27-17)24(21-15)14-5-2-4-13(20)10-14/h2-6,9-11H,7-8,12H2,1H3. The molecule has 0 bridgehead atoms. The molecule has 0 atom stereocenters. The Labute approximate surface area is 160 Å². The second-order valence-corrected chi connectivity index (χ2v) is 6.76. The number of furan rings is 1. The van der Waals surface area contributed by atoms with Gasteiger partial charge in [0.15, 0.2) is 11.5 Å². The van der Waals surface area contributed by atoms with E-state index in [1.807, 2.05) is 12.1 Å². The summed E-state index contributed by atoms with van der Waals surface area (Å²) in [7, 11) is 1.73. The molecule has 0 unspecified atom stereocenters. The minimum atomic E-state index is -0.287. The molecule has 4 rings (SSSR count). The summed E-state index contributed by atoms with van der Waals surface area (Å²) in [5, 5.41) is 5.04. The third-order valence-electron chi connectivity index (χ3n) is 4.50. The number of halogens is 1. The van der Waals surface area contributed by atoms with Gasteiger partial charge in [-0.1, -0.05) is 17.7 Å². The van der Waals surface area contributed by atoms with Crippen molar-refractivity contribution in [2.75, 3.05) is 26.7 Å². The predicted molar refractivity (Wildman–Crippen MR) is 99.8 cm³/mol. The number of hydrogen-bond acceptors (Lipinski definition) is 4. The number of carbonyl (C=O) groups is 2. The van der Waals surface area contributed by atoms with E-state index in [4.69, 9.17) is 16.0 Å². The van der Waals surface area contributed by atoms with Crippen LogP contribution in [0.1, 0.15) is 10.5 Å². The molecule has 1 saturated heterocycles. The van der Waals surface area contributed by atoms with Crippen LogP contribution in [0.2, 0.25) is 5.02 Å². The number of piperazine rings is 1. The zero-order valence-corrected chi connectivity index (χ0v) is 15.4. The number of nitrogens with zero attached hydrogens (tertiary/aromatic N) is 4. The van der Waals surface area contributed by atoms with E-state index >= 15 is 0 Å². The summed E-state index contributed by atoms with van der Waals surface area (Å²) in [4.78, 5) is 28.0. The van der Waals surface area contributed by atoms with Gasteiger partial charge in [0.1, 0.15) is 12.2 Å². The van der Waals surface area contributed by atoms with E-state index in [1.54, 1.807) is 53.2 Å². The van der Waals surface area contributed by atoms with Crippen molar-refractivity contribution in [3.63, 3.8) is 0 Å². The molecule has 3 heterocycles. The maximum Gasteiger partial charge on any atom is 0.274 e. The molecule has 1 aliphatic heterocycles. The zero-order chi connectivity index (χ0) is 19.0. The molecule has 3 aromatic rings. The first-order valence-electron chi connectivity index (χ1n) is 8.46. The van der Waals surface area contributed by atoms with E-state index in [0.717, 1.165) is 0 Å². The highest BCUT2D eigenvalue weighted by Gasteiger charge is 2.28. The highest BCUT2D eigenvalue weighted by atomic mass is 35.5. The molecule has 1 aliphatic rings. The Morgan fingerprint density at radius 2 is 2.04 bits per heavy atom. The van der Waals surface area contributed by atoms with Gasteiger partial charge < -0.3 is 14.2 Å². The fourth-order valence-electron chi connectivity index (χ4n) is 2.98. The predicted octanol–water partition coefficient (Wildman–Crippen LogP) is 2.70. The van der Waals surface area contributed by atoms with Crippen molar-refractivity contribution in [2.24, 2.45) is 0 Å². The van der Waals surface area contributed by atoms with E-state index in [-0.39, 0.29) is 24.1 Å². The Kier molecular flexibility index (Phi) is 4.45. The number of amides is 2. The molecule has 8 heteroatoms. The summed E-state index contributed by atoms with van der Waals surface area (Å²) < 4.78 is 7.12. The Morgan fingerprint density at radius 1 is 1.19 bits per heavy atom. The summed E-state index contributed by atoms with van der Waals surface area (Å²) in [6.07, 6.45) is 1.56. The van der Waals surface area contributed by atoms with Gasteiger partial charge in [0.05, 0.1) is 12.0 Å². The van der Waals surface area contributed by atoms with Crippen LogP contribution in [0.25, 0.3) is 17.1 Å². The van der Waals surface area contributed by atoms with Gasteiger partial charge >= 0.3 is 0 Å². The van der Waals surface area contributed by atoms with E-state index in [9.17, 15) is 9.59 Å². The van der Waals surface area contributed by atoms with Crippen LogP contribution in [-0.4, -0.2) is 58.1 Å². The minimum absolute atomic E-state index is 0.0510. The van der Waals surface area contributed by atoms with Gasteiger partial charge in [0.25, 0.3) is 5.91 Å². The molecule has 0 aliphatic carbocycles. The lowest BCUT2D eigenvalue weighted by Gasteiger charge is -2.31. The maximum atomic E-state index is 12.9. The summed E-state index contributed by atoms with van der Waals surface area (Å²) in [6.45, 7) is 1.03. The Balaban J connectivity index is 1.73. The average Bonchev–Trinajstić information content (AvgIpc) is 3.32.